The SMILES string of the molecule is NCCCC1Cc2cccc(F)c2N1. The third-order valence-electron chi connectivity index (χ3n) is 2.67. The molecule has 0 aromatic heterocycles. The minimum absolute atomic E-state index is 0.141. The van der Waals surface area contributed by atoms with Gasteiger partial charge in [0.05, 0.1) is 5.69 Å². The minimum atomic E-state index is -0.141. The van der Waals surface area contributed by atoms with Crippen molar-refractivity contribution in [3.63, 3.8) is 0 Å². The van der Waals surface area contributed by atoms with E-state index in [9.17, 15) is 4.39 Å². The molecule has 0 saturated heterocycles. The highest BCUT2D eigenvalue weighted by Crippen LogP contribution is 2.29. The third-order valence-corrected chi connectivity index (χ3v) is 2.67. The molecule has 1 unspecified atom stereocenters. The lowest BCUT2D eigenvalue weighted by Gasteiger charge is -2.09. The van der Waals surface area contributed by atoms with Crippen molar-refractivity contribution in [1.82, 2.24) is 0 Å². The Hall–Kier alpha value is -1.09. The molecule has 0 fully saturated rings. The molecule has 1 heterocycles. The van der Waals surface area contributed by atoms with E-state index in [1.165, 1.54) is 6.07 Å². The van der Waals surface area contributed by atoms with Gasteiger partial charge in [0.1, 0.15) is 5.82 Å². The summed E-state index contributed by atoms with van der Waals surface area (Å²) in [5.41, 5.74) is 7.22. The van der Waals surface area contributed by atoms with E-state index in [-0.39, 0.29) is 5.82 Å². The van der Waals surface area contributed by atoms with Crippen molar-refractivity contribution < 1.29 is 4.39 Å². The van der Waals surface area contributed by atoms with E-state index in [2.05, 4.69) is 5.32 Å². The first kappa shape index (κ1) is 9.46. The summed E-state index contributed by atoms with van der Waals surface area (Å²) >= 11 is 0. The van der Waals surface area contributed by atoms with Crippen LogP contribution < -0.4 is 11.1 Å². The molecule has 0 spiro atoms. The van der Waals surface area contributed by atoms with E-state index in [0.29, 0.717) is 18.3 Å². The molecule has 14 heavy (non-hydrogen) atoms. The molecular formula is C11H15FN2. The molecule has 1 atom stereocenters. The minimum Gasteiger partial charge on any atom is -0.379 e. The van der Waals surface area contributed by atoms with Crippen molar-refractivity contribution in [2.75, 3.05) is 11.9 Å². The zero-order valence-corrected chi connectivity index (χ0v) is 8.09. The molecule has 1 aromatic rings. The fourth-order valence-corrected chi connectivity index (χ4v) is 1.96. The maximum absolute atomic E-state index is 13.3. The molecule has 0 amide bonds. The van der Waals surface area contributed by atoms with Crippen molar-refractivity contribution in [2.24, 2.45) is 5.73 Å². The zero-order valence-electron chi connectivity index (χ0n) is 8.09. The number of hydrogen-bond acceptors (Lipinski definition) is 2. The van der Waals surface area contributed by atoms with Gasteiger partial charge in [-0.1, -0.05) is 12.1 Å². The Kier molecular flexibility index (Phi) is 2.68. The average Bonchev–Trinajstić information content (AvgIpc) is 2.59. The Morgan fingerprint density at radius 2 is 2.36 bits per heavy atom. The summed E-state index contributed by atoms with van der Waals surface area (Å²) in [6.07, 6.45) is 2.94. The highest BCUT2D eigenvalue weighted by atomic mass is 19.1. The van der Waals surface area contributed by atoms with Gasteiger partial charge < -0.3 is 11.1 Å². The van der Waals surface area contributed by atoms with Crippen LogP contribution in [0.15, 0.2) is 18.2 Å². The normalized spacial score (nSPS) is 19.1. The van der Waals surface area contributed by atoms with Gasteiger partial charge in [0, 0.05) is 6.04 Å². The third kappa shape index (κ3) is 1.73. The van der Waals surface area contributed by atoms with Gasteiger partial charge in [0.25, 0.3) is 0 Å². The number of nitrogens with one attached hydrogen (secondary N) is 1. The number of benzene rings is 1. The number of fused-ring (bicyclic) bond motifs is 1. The molecule has 0 bridgehead atoms. The van der Waals surface area contributed by atoms with Crippen LogP contribution in [0.1, 0.15) is 18.4 Å². The lowest BCUT2D eigenvalue weighted by molar-refractivity contribution is 0.622. The number of halogens is 1. The second-order valence-electron chi connectivity index (χ2n) is 3.75. The van der Waals surface area contributed by atoms with Crippen LogP contribution in [0.5, 0.6) is 0 Å². The predicted molar refractivity (Wildman–Crippen MR) is 55.8 cm³/mol. The first-order chi connectivity index (χ1) is 6.81. The first-order valence-electron chi connectivity index (χ1n) is 5.05. The van der Waals surface area contributed by atoms with Crippen LogP contribution in [0.4, 0.5) is 10.1 Å². The summed E-state index contributed by atoms with van der Waals surface area (Å²) < 4.78 is 13.3. The molecule has 1 aliphatic heterocycles. The number of hydrogen-bond donors (Lipinski definition) is 2. The largest absolute Gasteiger partial charge is 0.379 e. The lowest BCUT2D eigenvalue weighted by atomic mass is 10.1. The van der Waals surface area contributed by atoms with E-state index in [1.54, 1.807) is 6.07 Å². The summed E-state index contributed by atoms with van der Waals surface area (Å²) in [7, 11) is 0. The van der Waals surface area contributed by atoms with Gasteiger partial charge in [0.15, 0.2) is 0 Å². The molecule has 3 heteroatoms. The molecule has 1 aliphatic rings. The molecule has 1 aromatic carbocycles. The van der Waals surface area contributed by atoms with Crippen molar-refractivity contribution in [3.05, 3.63) is 29.6 Å². The Labute approximate surface area is 83.3 Å². The Bertz CT molecular complexity index is 325. The fourth-order valence-electron chi connectivity index (χ4n) is 1.96. The monoisotopic (exact) mass is 194 g/mol. The molecule has 2 rings (SSSR count). The maximum Gasteiger partial charge on any atom is 0.146 e. The zero-order chi connectivity index (χ0) is 9.97. The standard InChI is InChI=1S/C11H15FN2/c12-10-5-1-3-8-7-9(4-2-6-13)14-11(8)10/h1,3,5,9,14H,2,4,6-7,13H2. The van der Waals surface area contributed by atoms with Gasteiger partial charge in [-0.25, -0.2) is 4.39 Å². The van der Waals surface area contributed by atoms with Crippen LogP contribution >= 0.6 is 0 Å². The van der Waals surface area contributed by atoms with Crippen LogP contribution in [0, 0.1) is 5.82 Å². The molecule has 3 N–H and O–H groups in total. The van der Waals surface area contributed by atoms with Crippen molar-refractivity contribution in [2.45, 2.75) is 25.3 Å². The summed E-state index contributed by atoms with van der Waals surface area (Å²) in [4.78, 5) is 0. The summed E-state index contributed by atoms with van der Waals surface area (Å²) in [5, 5.41) is 3.21. The molecular weight excluding hydrogens is 179 g/mol. The smallest absolute Gasteiger partial charge is 0.146 e. The van der Waals surface area contributed by atoms with E-state index in [0.717, 1.165) is 24.8 Å². The number of para-hydroxylation sites is 1. The molecule has 0 radical (unpaired) electrons. The maximum atomic E-state index is 13.3. The molecule has 0 saturated carbocycles. The highest BCUT2D eigenvalue weighted by Gasteiger charge is 2.22. The molecule has 0 aliphatic carbocycles. The number of anilines is 1. The van der Waals surface area contributed by atoms with Crippen LogP contribution in [0.25, 0.3) is 0 Å². The van der Waals surface area contributed by atoms with Gasteiger partial charge in [-0.2, -0.15) is 0 Å². The van der Waals surface area contributed by atoms with E-state index >= 15 is 0 Å². The second kappa shape index (κ2) is 3.96. The molecule has 2 nitrogen and oxygen atoms in total. The van der Waals surface area contributed by atoms with E-state index in [1.807, 2.05) is 6.07 Å². The average molecular weight is 194 g/mol. The Morgan fingerprint density at radius 1 is 1.50 bits per heavy atom. The Balaban J connectivity index is 2.06. The summed E-state index contributed by atoms with van der Waals surface area (Å²) in [6.45, 7) is 0.705. The van der Waals surface area contributed by atoms with Crippen molar-refractivity contribution in [1.29, 1.82) is 0 Å². The predicted octanol–water partition coefficient (Wildman–Crippen LogP) is 1.90. The van der Waals surface area contributed by atoms with Gasteiger partial charge in [0.2, 0.25) is 0 Å². The second-order valence-corrected chi connectivity index (χ2v) is 3.75. The summed E-state index contributed by atoms with van der Waals surface area (Å²) in [5.74, 6) is -0.141. The number of nitrogens with two attached hydrogens (primary N) is 1. The van der Waals surface area contributed by atoms with E-state index < -0.39 is 0 Å². The van der Waals surface area contributed by atoms with Gasteiger partial charge in [-0.3, -0.25) is 0 Å². The quantitative estimate of drug-likeness (QED) is 0.771. The number of rotatable bonds is 3. The molecule has 76 valence electrons. The topological polar surface area (TPSA) is 38.0 Å². The summed E-state index contributed by atoms with van der Waals surface area (Å²) in [6, 6.07) is 5.61. The van der Waals surface area contributed by atoms with Crippen molar-refractivity contribution in [3.8, 4) is 0 Å². The first-order valence-corrected chi connectivity index (χ1v) is 5.05. The van der Waals surface area contributed by atoms with Gasteiger partial charge >= 0.3 is 0 Å². The van der Waals surface area contributed by atoms with Crippen LogP contribution in [0.2, 0.25) is 0 Å². The highest BCUT2D eigenvalue weighted by molar-refractivity contribution is 5.57. The fraction of sp³-hybridized carbons (Fsp3) is 0.455. The van der Waals surface area contributed by atoms with E-state index in [4.69, 9.17) is 5.73 Å². The van der Waals surface area contributed by atoms with Gasteiger partial charge in [-0.05, 0) is 37.4 Å². The van der Waals surface area contributed by atoms with Crippen LogP contribution in [0.3, 0.4) is 0 Å². The van der Waals surface area contributed by atoms with Gasteiger partial charge in [-0.15, -0.1) is 0 Å². The lowest BCUT2D eigenvalue weighted by Crippen LogP contribution is -2.17. The van der Waals surface area contributed by atoms with Crippen LogP contribution in [-0.4, -0.2) is 12.6 Å². The van der Waals surface area contributed by atoms with Crippen molar-refractivity contribution >= 4 is 5.69 Å². The van der Waals surface area contributed by atoms with Crippen LogP contribution in [-0.2, 0) is 6.42 Å². The Morgan fingerprint density at radius 3 is 3.07 bits per heavy atom.